The van der Waals surface area contributed by atoms with Crippen LogP contribution in [0.15, 0.2) is 0 Å². The van der Waals surface area contributed by atoms with Gasteiger partial charge in [-0.25, -0.2) is 4.79 Å². The van der Waals surface area contributed by atoms with E-state index in [0.717, 1.165) is 0 Å². The van der Waals surface area contributed by atoms with Crippen LogP contribution in [0, 0.1) is 0 Å². The van der Waals surface area contributed by atoms with Crippen LogP contribution >= 0.6 is 0 Å². The molecule has 2 bridgehead atoms. The van der Waals surface area contributed by atoms with Gasteiger partial charge in [0.1, 0.15) is 97.6 Å². The average molecular weight is 1110 g/mol. The summed E-state index contributed by atoms with van der Waals surface area (Å²) in [6, 6.07) is -2.69. The number of amides is 2. The summed E-state index contributed by atoms with van der Waals surface area (Å²) in [5.41, 5.74) is 0. The smallest absolute Gasteiger partial charge is 0.315 e. The van der Waals surface area contributed by atoms with Crippen molar-refractivity contribution in [3.63, 3.8) is 0 Å². The maximum atomic E-state index is 13.9. The number of hydrogen-bond acceptors (Lipinski definition) is 29. The summed E-state index contributed by atoms with van der Waals surface area (Å²) in [6.45, 7) is 4.18. The fraction of sp³-hybridized carbons (Fsp3) is 0.978. The molecule has 0 radical (unpaired) electrons. The minimum Gasteiger partial charge on any atom is -0.394 e. The Hall–Kier alpha value is -1.85. The topological polar surface area (TPSA) is 431 Å². The van der Waals surface area contributed by atoms with Crippen molar-refractivity contribution in [1.82, 2.24) is 20.4 Å². The maximum Gasteiger partial charge on any atom is 0.315 e. The molecule has 0 aliphatic carbocycles. The molecular formula is C45H82N4O27. The molecule has 0 aromatic carbocycles. The maximum absolute atomic E-state index is 13.9. The third-order valence-corrected chi connectivity index (χ3v) is 13.8. The van der Waals surface area contributed by atoms with Crippen molar-refractivity contribution in [1.29, 1.82) is 0 Å². The van der Waals surface area contributed by atoms with Crippen molar-refractivity contribution in [2.75, 3.05) is 145 Å². The first-order chi connectivity index (χ1) is 36.7. The van der Waals surface area contributed by atoms with Gasteiger partial charge in [-0.1, -0.05) is 0 Å². The molecule has 31 nitrogen and oxygen atoms in total. The van der Waals surface area contributed by atoms with Gasteiger partial charge in [-0.3, -0.25) is 9.80 Å². The third kappa shape index (κ3) is 17.8. The van der Waals surface area contributed by atoms with Gasteiger partial charge in [0, 0.05) is 45.8 Å². The van der Waals surface area contributed by atoms with Gasteiger partial charge in [0.15, 0.2) is 25.2 Å². The fourth-order valence-electron chi connectivity index (χ4n) is 9.40. The fourth-order valence-corrected chi connectivity index (χ4v) is 9.40. The zero-order valence-corrected chi connectivity index (χ0v) is 42.3. The van der Waals surface area contributed by atoms with Crippen molar-refractivity contribution in [2.24, 2.45) is 0 Å². The summed E-state index contributed by atoms with van der Waals surface area (Å²) in [7, 11) is 0. The number of urea groups is 1. The average Bonchev–Trinajstić information content (AvgIpc) is 3.41. The molecule has 9 unspecified atom stereocenters. The summed E-state index contributed by atoms with van der Waals surface area (Å²) in [4.78, 5) is 18.2. The molecule has 21 atom stereocenters. The van der Waals surface area contributed by atoms with Crippen molar-refractivity contribution in [3.05, 3.63) is 0 Å². The Balaban J connectivity index is 1.17. The number of carbonyl (C=O) groups is 1. The normalized spacial score (nSPS) is 43.6. The minimum absolute atomic E-state index is 0.0235. The van der Waals surface area contributed by atoms with E-state index < -0.39 is 161 Å². The third-order valence-electron chi connectivity index (χ3n) is 13.8. The number of ether oxygens (including phenoxy) is 13. The summed E-state index contributed by atoms with van der Waals surface area (Å²) in [6.07, 6.45) is -34.8. The predicted octanol–water partition coefficient (Wildman–Crippen LogP) is -9.95. The first-order valence-corrected chi connectivity index (χ1v) is 25.8. The Labute approximate surface area is 438 Å². The second kappa shape index (κ2) is 32.6. The van der Waals surface area contributed by atoms with Crippen LogP contribution in [0.5, 0.6) is 0 Å². The highest BCUT2D eigenvalue weighted by Crippen LogP contribution is 2.34. The van der Waals surface area contributed by atoms with Gasteiger partial charge < -0.3 is 139 Å². The number of hydrogen-bond donors (Lipinski definition) is 15. The lowest BCUT2D eigenvalue weighted by Gasteiger charge is -2.49. The van der Waals surface area contributed by atoms with Gasteiger partial charge in [0.2, 0.25) is 0 Å². The van der Waals surface area contributed by atoms with Gasteiger partial charge in [-0.15, -0.1) is 0 Å². The van der Waals surface area contributed by atoms with E-state index in [4.69, 9.17) is 61.6 Å². The lowest BCUT2D eigenvalue weighted by atomic mass is 9.94. The summed E-state index contributed by atoms with van der Waals surface area (Å²) in [5.74, 6) is 0. The van der Waals surface area contributed by atoms with Crippen LogP contribution in [0.2, 0.25) is 0 Å². The van der Waals surface area contributed by atoms with Crippen LogP contribution in [0.3, 0.4) is 0 Å². The quantitative estimate of drug-likeness (QED) is 0.0768. The van der Waals surface area contributed by atoms with E-state index in [1.54, 1.807) is 0 Å². The molecule has 0 aromatic heterocycles. The molecule has 7 heterocycles. The van der Waals surface area contributed by atoms with Gasteiger partial charge in [0.25, 0.3) is 0 Å². The molecular weight excluding hydrogens is 1030 g/mol. The highest BCUT2D eigenvalue weighted by Gasteiger charge is 2.55. The Bertz CT molecular complexity index is 1600. The molecule has 76 heavy (non-hydrogen) atoms. The first kappa shape index (κ1) is 63.3. The molecule has 7 fully saturated rings. The van der Waals surface area contributed by atoms with E-state index in [-0.39, 0.29) is 26.2 Å². The Kier molecular flexibility index (Phi) is 27.1. The van der Waals surface area contributed by atoms with E-state index in [9.17, 15) is 71.2 Å². The van der Waals surface area contributed by atoms with Crippen molar-refractivity contribution in [2.45, 2.75) is 135 Å². The Morgan fingerprint density at radius 3 is 1.39 bits per heavy atom. The largest absolute Gasteiger partial charge is 0.394 e. The number of aliphatic hydroxyl groups excluding tert-OH is 13. The van der Waals surface area contributed by atoms with Crippen molar-refractivity contribution < 1.29 is 133 Å². The molecule has 31 heteroatoms. The zero-order chi connectivity index (χ0) is 54.7. The first-order valence-electron chi connectivity index (χ1n) is 25.8. The molecule has 2 amide bonds. The lowest BCUT2D eigenvalue weighted by Crippen LogP contribution is -2.70. The molecule has 7 rings (SSSR count). The summed E-state index contributed by atoms with van der Waals surface area (Å²) >= 11 is 0. The monoisotopic (exact) mass is 1110 g/mol. The van der Waals surface area contributed by atoms with E-state index >= 15 is 0 Å². The van der Waals surface area contributed by atoms with E-state index in [1.807, 2.05) is 0 Å². The van der Waals surface area contributed by atoms with Crippen molar-refractivity contribution >= 4 is 6.03 Å². The van der Waals surface area contributed by atoms with Gasteiger partial charge in [-0.2, -0.15) is 0 Å². The molecule has 15 N–H and O–H groups in total. The molecule has 444 valence electrons. The van der Waals surface area contributed by atoms with Crippen LogP contribution in [0.1, 0.15) is 6.42 Å². The zero-order valence-electron chi connectivity index (χ0n) is 42.3. The lowest BCUT2D eigenvalue weighted by molar-refractivity contribution is -0.379. The second-order valence-electron chi connectivity index (χ2n) is 19.1. The number of aliphatic hydroxyl groups is 13. The molecule has 7 aliphatic rings. The standard InChI is InChI=1S/C45H82N4O27/c50-20-25-30(54)32(56)36(60)43(71-25)75-38-27(22-52)72-42(74-40-28(23-53)73-44(37(61)34(40)58)76-39-26(21-51)70-41(62)35(59)33(39)57)29(31(38)55)47-45(63)46-2-1-24-19-49-6-11-66-15-13-64-8-3-48(5-10-68-17-18-69-24)4-9-65-14-16-67-12-7-49/h24-44,50-62H,1-23H2,(H2,46,47,63)/t24?,25?,26?,27?,28?,29-,30+,31?,32?,33?,34?,35-,36-,37-,38+,39+,40+,41+,42-,43-,44-/m0/s1. The molecule has 7 aliphatic heterocycles. The minimum atomic E-state index is -2.09. The van der Waals surface area contributed by atoms with Gasteiger partial charge >= 0.3 is 6.03 Å². The predicted molar refractivity (Wildman–Crippen MR) is 250 cm³/mol. The number of nitrogens with zero attached hydrogens (tertiary/aromatic N) is 2. The highest BCUT2D eigenvalue weighted by molar-refractivity contribution is 5.74. The van der Waals surface area contributed by atoms with Crippen LogP contribution in [-0.2, 0) is 61.6 Å². The van der Waals surface area contributed by atoms with E-state index in [1.165, 1.54) is 0 Å². The van der Waals surface area contributed by atoms with Crippen LogP contribution in [0.25, 0.3) is 0 Å². The van der Waals surface area contributed by atoms with Crippen LogP contribution in [-0.4, -0.2) is 356 Å². The second-order valence-corrected chi connectivity index (χ2v) is 19.1. The van der Waals surface area contributed by atoms with Crippen LogP contribution < -0.4 is 10.6 Å². The number of nitrogens with one attached hydrogen (secondary N) is 2. The SMILES string of the molecule is O=C(NCCC1CN2CCOCCOCCN(CCOCCOCC2)CCOCCO1)N[C@H]1C(O)[C@H](O[C@@H]2OC(CO)[C@@H](O)C(O)[C@@H]2O)C(CO)O[C@H]1O[C@@H]1C(CO)O[C@@H](O[C@@H]2C(CO)O[C@@H](O)[C@@H](O)C2O)[C@@H](O)C1O. The highest BCUT2D eigenvalue weighted by atomic mass is 16.8. The summed E-state index contributed by atoms with van der Waals surface area (Å²) in [5, 5.41) is 143. The molecule has 0 aromatic rings. The van der Waals surface area contributed by atoms with Gasteiger partial charge in [-0.05, 0) is 6.42 Å². The molecule has 7 saturated heterocycles. The van der Waals surface area contributed by atoms with E-state index in [0.29, 0.717) is 98.7 Å². The molecule has 0 spiro atoms. The number of fused-ring (bicyclic) bond motifs is 21. The Morgan fingerprint density at radius 1 is 0.447 bits per heavy atom. The molecule has 0 saturated carbocycles. The summed E-state index contributed by atoms with van der Waals surface area (Å²) < 4.78 is 75.5. The van der Waals surface area contributed by atoms with Crippen molar-refractivity contribution in [3.8, 4) is 0 Å². The van der Waals surface area contributed by atoms with E-state index in [2.05, 4.69) is 20.4 Å². The Morgan fingerprint density at radius 2 is 0.868 bits per heavy atom. The van der Waals surface area contributed by atoms with Crippen LogP contribution in [0.4, 0.5) is 4.79 Å². The van der Waals surface area contributed by atoms with Gasteiger partial charge in [0.05, 0.1) is 105 Å². The number of rotatable bonds is 14. The number of carbonyl (C=O) groups excluding carboxylic acids is 1.